The third-order valence-corrected chi connectivity index (χ3v) is 3.23. The average Bonchev–Trinajstić information content (AvgIpc) is 2.36. The lowest BCUT2D eigenvalue weighted by Gasteiger charge is -2.18. The molecule has 0 aromatic heterocycles. The number of hydrogen-bond donors (Lipinski definition) is 1. The van der Waals surface area contributed by atoms with Crippen LogP contribution in [0, 0.1) is 12.3 Å². The van der Waals surface area contributed by atoms with Crippen molar-refractivity contribution in [2.75, 3.05) is 11.9 Å². The highest BCUT2D eigenvalue weighted by molar-refractivity contribution is 5.94. The molecule has 0 bridgehead atoms. The molecule has 0 fully saturated rings. The molecule has 0 saturated heterocycles. The van der Waals surface area contributed by atoms with Crippen LogP contribution in [0.1, 0.15) is 58.1 Å². The first-order valence-electron chi connectivity index (χ1n) is 7.65. The van der Waals surface area contributed by atoms with Gasteiger partial charge in [-0.1, -0.05) is 52.8 Å². The van der Waals surface area contributed by atoms with Crippen LogP contribution in [0.25, 0.3) is 0 Å². The van der Waals surface area contributed by atoms with E-state index in [1.54, 1.807) is 0 Å². The van der Waals surface area contributed by atoms with Gasteiger partial charge in [0.2, 0.25) is 0 Å². The first-order valence-corrected chi connectivity index (χ1v) is 7.65. The predicted octanol–water partition coefficient (Wildman–Crippen LogP) is 4.04. The number of hydrogen-bond acceptors (Lipinski definition) is 3. The van der Waals surface area contributed by atoms with E-state index in [9.17, 15) is 9.59 Å². The van der Waals surface area contributed by atoms with E-state index in [1.165, 1.54) is 0 Å². The van der Waals surface area contributed by atoms with Gasteiger partial charge >= 0.3 is 5.97 Å². The normalized spacial score (nSPS) is 11.4. The maximum atomic E-state index is 12.0. The third-order valence-electron chi connectivity index (χ3n) is 3.23. The second kappa shape index (κ2) is 7.43. The topological polar surface area (TPSA) is 55.4 Å². The van der Waals surface area contributed by atoms with E-state index in [0.717, 1.165) is 16.8 Å². The summed E-state index contributed by atoms with van der Waals surface area (Å²) in [6, 6.07) is 5.93. The first-order chi connectivity index (χ1) is 10.1. The van der Waals surface area contributed by atoms with Gasteiger partial charge in [-0.3, -0.25) is 9.59 Å². The van der Waals surface area contributed by atoms with Crippen LogP contribution >= 0.6 is 0 Å². The lowest BCUT2D eigenvalue weighted by atomic mass is 9.92. The van der Waals surface area contributed by atoms with Crippen LogP contribution in [-0.4, -0.2) is 18.5 Å². The van der Waals surface area contributed by atoms with Gasteiger partial charge in [0, 0.05) is 5.69 Å². The van der Waals surface area contributed by atoms with E-state index in [-0.39, 0.29) is 23.9 Å². The number of amides is 1. The van der Waals surface area contributed by atoms with Gasteiger partial charge in [0.05, 0.1) is 6.42 Å². The molecule has 0 heterocycles. The lowest BCUT2D eigenvalue weighted by Crippen LogP contribution is -2.24. The van der Waals surface area contributed by atoms with Crippen molar-refractivity contribution >= 4 is 17.6 Å². The van der Waals surface area contributed by atoms with Gasteiger partial charge < -0.3 is 10.1 Å². The molecule has 1 rings (SSSR count). The van der Waals surface area contributed by atoms with Gasteiger partial charge in [0.1, 0.15) is 0 Å². The molecule has 22 heavy (non-hydrogen) atoms. The zero-order valence-corrected chi connectivity index (χ0v) is 14.4. The average molecular weight is 305 g/mol. The maximum absolute atomic E-state index is 12.0. The molecule has 0 atom stereocenters. The number of esters is 1. The Balaban J connectivity index is 2.65. The SMILES string of the molecule is Cc1cccc(C(C)C)c1NC(=O)COC(=O)CC(C)(C)C. The summed E-state index contributed by atoms with van der Waals surface area (Å²) in [7, 11) is 0. The summed E-state index contributed by atoms with van der Waals surface area (Å²) in [5, 5.41) is 2.86. The molecule has 4 heteroatoms. The van der Waals surface area contributed by atoms with E-state index in [2.05, 4.69) is 19.2 Å². The molecule has 0 unspecified atom stereocenters. The Hall–Kier alpha value is -1.84. The Kier molecular flexibility index (Phi) is 6.15. The van der Waals surface area contributed by atoms with Crippen molar-refractivity contribution in [3.8, 4) is 0 Å². The lowest BCUT2D eigenvalue weighted by molar-refractivity contribution is -0.149. The molecule has 0 saturated carbocycles. The van der Waals surface area contributed by atoms with Crippen LogP contribution in [0.4, 0.5) is 5.69 Å². The zero-order valence-electron chi connectivity index (χ0n) is 14.4. The summed E-state index contributed by atoms with van der Waals surface area (Å²) in [6.45, 7) is 11.7. The highest BCUT2D eigenvalue weighted by Crippen LogP contribution is 2.27. The fraction of sp³-hybridized carbons (Fsp3) is 0.556. The minimum atomic E-state index is -0.350. The molecule has 0 aliphatic heterocycles. The van der Waals surface area contributed by atoms with Gasteiger partial charge in [-0.15, -0.1) is 0 Å². The first kappa shape index (κ1) is 18.2. The standard InChI is InChI=1S/C18H27NO3/c1-12(2)14-9-7-8-13(3)17(14)19-15(20)11-22-16(21)10-18(4,5)6/h7-9,12H,10-11H2,1-6H3,(H,19,20). The van der Waals surface area contributed by atoms with Gasteiger partial charge in [-0.2, -0.15) is 0 Å². The van der Waals surface area contributed by atoms with Gasteiger partial charge in [0.15, 0.2) is 6.61 Å². The molecular weight excluding hydrogens is 278 g/mol. The van der Waals surface area contributed by atoms with Crippen molar-refractivity contribution in [3.05, 3.63) is 29.3 Å². The van der Waals surface area contributed by atoms with Crippen molar-refractivity contribution in [2.24, 2.45) is 5.41 Å². The number of rotatable bonds is 5. The Morgan fingerprint density at radius 3 is 2.41 bits per heavy atom. The van der Waals surface area contributed by atoms with Crippen molar-refractivity contribution in [3.63, 3.8) is 0 Å². The quantitative estimate of drug-likeness (QED) is 0.835. The van der Waals surface area contributed by atoms with Crippen molar-refractivity contribution in [2.45, 2.75) is 53.9 Å². The molecule has 4 nitrogen and oxygen atoms in total. The highest BCUT2D eigenvalue weighted by Gasteiger charge is 2.18. The number of para-hydroxylation sites is 1. The van der Waals surface area contributed by atoms with Crippen LogP contribution in [0.15, 0.2) is 18.2 Å². The molecule has 0 radical (unpaired) electrons. The summed E-state index contributed by atoms with van der Waals surface area (Å²) >= 11 is 0. The molecule has 1 aromatic carbocycles. The number of ether oxygens (including phenoxy) is 1. The van der Waals surface area contributed by atoms with Crippen LogP contribution in [-0.2, 0) is 14.3 Å². The number of nitrogens with one attached hydrogen (secondary N) is 1. The van der Waals surface area contributed by atoms with E-state index in [0.29, 0.717) is 12.3 Å². The molecule has 0 aliphatic rings. The van der Waals surface area contributed by atoms with Gasteiger partial charge in [0.25, 0.3) is 5.91 Å². The zero-order chi connectivity index (χ0) is 16.9. The summed E-state index contributed by atoms with van der Waals surface area (Å²) < 4.78 is 5.04. The molecule has 0 spiro atoms. The number of aryl methyl sites for hydroxylation is 1. The van der Waals surface area contributed by atoms with Gasteiger partial charge in [-0.25, -0.2) is 0 Å². The molecule has 1 N–H and O–H groups in total. The second-order valence-electron chi connectivity index (χ2n) is 7.14. The predicted molar refractivity (Wildman–Crippen MR) is 88.9 cm³/mol. The van der Waals surface area contributed by atoms with Crippen molar-refractivity contribution < 1.29 is 14.3 Å². The Morgan fingerprint density at radius 1 is 1.23 bits per heavy atom. The molecule has 122 valence electrons. The maximum Gasteiger partial charge on any atom is 0.306 e. The van der Waals surface area contributed by atoms with Crippen LogP contribution in [0.3, 0.4) is 0 Å². The number of carbonyl (C=O) groups excluding carboxylic acids is 2. The minimum absolute atomic E-state index is 0.144. The number of anilines is 1. The van der Waals surface area contributed by atoms with E-state index < -0.39 is 0 Å². The third kappa shape index (κ3) is 5.88. The summed E-state index contributed by atoms with van der Waals surface area (Å²) in [5.74, 6) is -0.353. The molecule has 0 aliphatic carbocycles. The van der Waals surface area contributed by atoms with E-state index in [1.807, 2.05) is 45.9 Å². The van der Waals surface area contributed by atoms with Gasteiger partial charge in [-0.05, 0) is 29.4 Å². The van der Waals surface area contributed by atoms with E-state index >= 15 is 0 Å². The Bertz CT molecular complexity index is 542. The largest absolute Gasteiger partial charge is 0.456 e. The number of carbonyl (C=O) groups is 2. The Morgan fingerprint density at radius 2 is 1.86 bits per heavy atom. The van der Waals surface area contributed by atoms with Crippen LogP contribution in [0.2, 0.25) is 0 Å². The fourth-order valence-corrected chi connectivity index (χ4v) is 2.15. The van der Waals surface area contributed by atoms with Crippen LogP contribution < -0.4 is 5.32 Å². The van der Waals surface area contributed by atoms with Crippen LogP contribution in [0.5, 0.6) is 0 Å². The molecule has 1 aromatic rings. The number of benzene rings is 1. The molecule has 1 amide bonds. The highest BCUT2D eigenvalue weighted by atomic mass is 16.5. The minimum Gasteiger partial charge on any atom is -0.456 e. The smallest absolute Gasteiger partial charge is 0.306 e. The van der Waals surface area contributed by atoms with E-state index in [4.69, 9.17) is 4.74 Å². The molecular formula is C18H27NO3. The summed E-state index contributed by atoms with van der Waals surface area (Å²) in [6.07, 6.45) is 0.294. The Labute approximate surface area is 133 Å². The van der Waals surface area contributed by atoms with Crippen molar-refractivity contribution in [1.29, 1.82) is 0 Å². The monoisotopic (exact) mass is 305 g/mol. The summed E-state index contributed by atoms with van der Waals surface area (Å²) in [4.78, 5) is 23.7. The summed E-state index contributed by atoms with van der Waals surface area (Å²) in [5.41, 5.74) is 2.75. The fourth-order valence-electron chi connectivity index (χ4n) is 2.15. The van der Waals surface area contributed by atoms with Crippen molar-refractivity contribution in [1.82, 2.24) is 0 Å². The second-order valence-corrected chi connectivity index (χ2v) is 7.14.